The molecule has 0 bridgehead atoms. The molecule has 2 fully saturated rings. The van der Waals surface area contributed by atoms with Gasteiger partial charge < -0.3 is 9.64 Å². The van der Waals surface area contributed by atoms with Crippen molar-refractivity contribution in [2.45, 2.75) is 25.2 Å². The third-order valence-corrected chi connectivity index (χ3v) is 5.04. The molecule has 0 N–H and O–H groups in total. The molecule has 0 spiro atoms. The average Bonchev–Trinajstić information content (AvgIpc) is 3.24. The van der Waals surface area contributed by atoms with E-state index in [2.05, 4.69) is 30.2 Å². The van der Waals surface area contributed by atoms with Crippen LogP contribution in [0.2, 0.25) is 5.02 Å². The Hall–Kier alpha value is -2.48. The maximum absolute atomic E-state index is 5.95. The van der Waals surface area contributed by atoms with Gasteiger partial charge in [-0.15, -0.1) is 15.3 Å². The highest BCUT2D eigenvalue weighted by Gasteiger charge is 2.29. The van der Waals surface area contributed by atoms with Crippen LogP contribution in [0.5, 0.6) is 5.88 Å². The van der Waals surface area contributed by atoms with Gasteiger partial charge >= 0.3 is 0 Å². The number of hydrogen-bond acceptors (Lipinski definition) is 7. The summed E-state index contributed by atoms with van der Waals surface area (Å²) >= 11 is 5.85. The number of nitrogens with zero attached hydrogens (tertiary/aromatic N) is 7. The second-order valence-electron chi connectivity index (χ2n) is 6.89. The van der Waals surface area contributed by atoms with Crippen LogP contribution in [0, 0.1) is 5.92 Å². The average molecular weight is 372 g/mol. The lowest BCUT2D eigenvalue weighted by Gasteiger charge is -2.16. The Kier molecular flexibility index (Phi) is 3.85. The minimum atomic E-state index is 0.413. The minimum Gasteiger partial charge on any atom is -0.476 e. The maximum atomic E-state index is 5.95. The molecular weight excluding hydrogens is 354 g/mol. The maximum Gasteiger partial charge on any atom is 0.231 e. The summed E-state index contributed by atoms with van der Waals surface area (Å²) < 4.78 is 7.76. The minimum absolute atomic E-state index is 0.413. The van der Waals surface area contributed by atoms with E-state index in [4.69, 9.17) is 16.3 Å². The Morgan fingerprint density at radius 1 is 1.12 bits per heavy atom. The Bertz CT molecular complexity index is 925. The molecule has 1 unspecified atom stereocenters. The van der Waals surface area contributed by atoms with Crippen LogP contribution in [0.3, 0.4) is 0 Å². The molecule has 1 atom stereocenters. The number of rotatable bonds is 5. The summed E-state index contributed by atoms with van der Waals surface area (Å²) in [7, 11) is 0. The Morgan fingerprint density at radius 3 is 2.77 bits per heavy atom. The zero-order valence-electron chi connectivity index (χ0n) is 14.1. The third-order valence-electron chi connectivity index (χ3n) is 4.85. The van der Waals surface area contributed by atoms with Crippen LogP contribution in [0.1, 0.15) is 31.0 Å². The first-order valence-electron chi connectivity index (χ1n) is 8.84. The van der Waals surface area contributed by atoms with E-state index in [1.54, 1.807) is 12.4 Å². The monoisotopic (exact) mass is 371 g/mol. The molecule has 134 valence electrons. The fraction of sp³-hybridized carbons (Fsp3) is 0.471. The van der Waals surface area contributed by atoms with Gasteiger partial charge in [-0.3, -0.25) is 0 Å². The summed E-state index contributed by atoms with van der Waals surface area (Å²) in [6, 6.07) is 3.76. The fourth-order valence-electron chi connectivity index (χ4n) is 3.28. The molecule has 0 radical (unpaired) electrons. The van der Waals surface area contributed by atoms with Gasteiger partial charge in [0, 0.05) is 31.0 Å². The highest BCUT2D eigenvalue weighted by Crippen LogP contribution is 2.38. The molecular formula is C17H18ClN7O. The second-order valence-corrected chi connectivity index (χ2v) is 7.32. The van der Waals surface area contributed by atoms with Crippen molar-refractivity contribution < 1.29 is 4.74 Å². The van der Waals surface area contributed by atoms with Gasteiger partial charge in [0.15, 0.2) is 11.5 Å². The van der Waals surface area contributed by atoms with Crippen molar-refractivity contribution in [3.8, 4) is 5.88 Å². The van der Waals surface area contributed by atoms with E-state index in [9.17, 15) is 0 Å². The molecule has 2 aliphatic rings. The first-order chi connectivity index (χ1) is 12.8. The molecule has 4 heterocycles. The Balaban J connectivity index is 1.23. The molecule has 5 rings (SSSR count). The SMILES string of the molecule is Clc1cnc(N2CCC(COc3ccc4nnc(C5CC5)n4n3)C2)nc1. The lowest BCUT2D eigenvalue weighted by molar-refractivity contribution is 0.248. The standard InChI is InChI=1S/C17H18ClN7O/c18-13-7-19-17(20-8-13)24-6-5-11(9-24)10-26-15-4-3-14-21-22-16(12-1-2-12)25(14)23-15/h3-4,7-8,11-12H,1-2,5-6,9-10H2. The highest BCUT2D eigenvalue weighted by molar-refractivity contribution is 6.30. The predicted molar refractivity (Wildman–Crippen MR) is 95.6 cm³/mol. The van der Waals surface area contributed by atoms with Gasteiger partial charge in [0.25, 0.3) is 0 Å². The van der Waals surface area contributed by atoms with Gasteiger partial charge in [-0.2, -0.15) is 4.52 Å². The predicted octanol–water partition coefficient (Wildman–Crippen LogP) is 2.35. The van der Waals surface area contributed by atoms with E-state index >= 15 is 0 Å². The van der Waals surface area contributed by atoms with Gasteiger partial charge in [-0.05, 0) is 25.3 Å². The van der Waals surface area contributed by atoms with E-state index in [0.29, 0.717) is 29.3 Å². The van der Waals surface area contributed by atoms with E-state index in [0.717, 1.165) is 49.8 Å². The molecule has 8 nitrogen and oxygen atoms in total. The highest BCUT2D eigenvalue weighted by atomic mass is 35.5. The summed E-state index contributed by atoms with van der Waals surface area (Å²) in [6.45, 7) is 2.40. The molecule has 9 heteroatoms. The zero-order valence-corrected chi connectivity index (χ0v) is 14.9. The normalized spacial score (nSPS) is 20.0. The molecule has 1 saturated heterocycles. The van der Waals surface area contributed by atoms with Crippen LogP contribution in [-0.2, 0) is 0 Å². The molecule has 3 aromatic rings. The summed E-state index contributed by atoms with van der Waals surface area (Å²) in [4.78, 5) is 10.7. The number of ether oxygens (including phenoxy) is 1. The quantitative estimate of drug-likeness (QED) is 0.680. The molecule has 3 aromatic heterocycles. The van der Waals surface area contributed by atoms with Crippen LogP contribution in [0.4, 0.5) is 5.95 Å². The van der Waals surface area contributed by atoms with Crippen molar-refractivity contribution in [3.05, 3.63) is 35.4 Å². The molecule has 1 aliphatic heterocycles. The summed E-state index contributed by atoms with van der Waals surface area (Å²) in [5.74, 6) is 3.18. The molecule has 0 aromatic carbocycles. The zero-order chi connectivity index (χ0) is 17.5. The molecule has 1 aliphatic carbocycles. The van der Waals surface area contributed by atoms with Crippen molar-refractivity contribution in [1.82, 2.24) is 29.8 Å². The van der Waals surface area contributed by atoms with Crippen molar-refractivity contribution in [3.63, 3.8) is 0 Å². The van der Waals surface area contributed by atoms with Crippen LogP contribution >= 0.6 is 11.6 Å². The van der Waals surface area contributed by atoms with Gasteiger partial charge in [-0.25, -0.2) is 9.97 Å². The topological polar surface area (TPSA) is 81.3 Å². The number of fused-ring (bicyclic) bond motifs is 1. The first-order valence-corrected chi connectivity index (χ1v) is 9.22. The summed E-state index contributed by atoms with van der Waals surface area (Å²) in [5.41, 5.74) is 0.770. The van der Waals surface area contributed by atoms with Crippen LogP contribution in [0.25, 0.3) is 5.65 Å². The van der Waals surface area contributed by atoms with Crippen molar-refractivity contribution >= 4 is 23.2 Å². The largest absolute Gasteiger partial charge is 0.476 e. The van der Waals surface area contributed by atoms with Crippen LogP contribution < -0.4 is 9.64 Å². The van der Waals surface area contributed by atoms with Crippen LogP contribution in [0.15, 0.2) is 24.5 Å². The molecule has 26 heavy (non-hydrogen) atoms. The number of aromatic nitrogens is 6. The van der Waals surface area contributed by atoms with E-state index in [-0.39, 0.29) is 0 Å². The number of hydrogen-bond donors (Lipinski definition) is 0. The number of anilines is 1. The third kappa shape index (κ3) is 3.05. The molecule has 0 amide bonds. The van der Waals surface area contributed by atoms with E-state index in [1.165, 1.54) is 0 Å². The van der Waals surface area contributed by atoms with Gasteiger partial charge in [0.2, 0.25) is 11.8 Å². The first kappa shape index (κ1) is 15.7. The van der Waals surface area contributed by atoms with E-state index < -0.39 is 0 Å². The van der Waals surface area contributed by atoms with Crippen molar-refractivity contribution in [2.24, 2.45) is 5.92 Å². The van der Waals surface area contributed by atoms with E-state index in [1.807, 2.05) is 16.6 Å². The Labute approximate surface area is 155 Å². The number of halogens is 1. The van der Waals surface area contributed by atoms with Gasteiger partial charge in [0.05, 0.1) is 24.0 Å². The lowest BCUT2D eigenvalue weighted by atomic mass is 10.1. The second kappa shape index (κ2) is 6.35. The summed E-state index contributed by atoms with van der Waals surface area (Å²) in [6.07, 6.45) is 6.62. The van der Waals surface area contributed by atoms with Crippen LogP contribution in [-0.4, -0.2) is 49.5 Å². The molecule has 1 saturated carbocycles. The fourth-order valence-corrected chi connectivity index (χ4v) is 3.38. The van der Waals surface area contributed by atoms with Crippen molar-refractivity contribution in [2.75, 3.05) is 24.6 Å². The van der Waals surface area contributed by atoms with Gasteiger partial charge in [-0.1, -0.05) is 11.6 Å². The summed E-state index contributed by atoms with van der Waals surface area (Å²) in [5, 5.41) is 13.5. The Morgan fingerprint density at radius 2 is 1.96 bits per heavy atom. The van der Waals surface area contributed by atoms with Crippen molar-refractivity contribution in [1.29, 1.82) is 0 Å². The smallest absolute Gasteiger partial charge is 0.231 e. The van der Waals surface area contributed by atoms with Gasteiger partial charge in [0.1, 0.15) is 0 Å². The lowest BCUT2D eigenvalue weighted by Crippen LogP contribution is -2.23.